The topological polar surface area (TPSA) is 30.9 Å². The van der Waals surface area contributed by atoms with E-state index >= 15 is 0 Å². The van der Waals surface area contributed by atoms with E-state index in [0.717, 1.165) is 6.42 Å². The second-order valence-electron chi connectivity index (χ2n) is 3.84. The molecule has 0 bridgehead atoms. The lowest BCUT2D eigenvalue weighted by molar-refractivity contribution is 0.742. The van der Waals surface area contributed by atoms with Gasteiger partial charge >= 0.3 is 0 Å². The van der Waals surface area contributed by atoms with Crippen LogP contribution in [0.5, 0.6) is 0 Å². The molecule has 0 amide bonds. The van der Waals surface area contributed by atoms with Crippen LogP contribution in [0.15, 0.2) is 43.1 Å². The number of hydrogen-bond donors (Lipinski definition) is 1. The van der Waals surface area contributed by atoms with E-state index in [4.69, 9.17) is 5.73 Å². The van der Waals surface area contributed by atoms with Gasteiger partial charge in [0.1, 0.15) is 0 Å². The average molecular weight is 237 g/mol. The second-order valence-corrected chi connectivity index (χ2v) is 3.84. The zero-order chi connectivity index (χ0) is 10.8. The van der Waals surface area contributed by atoms with Gasteiger partial charge in [-0.25, -0.2) is 0 Å². The van der Waals surface area contributed by atoms with Gasteiger partial charge in [0.15, 0.2) is 0 Å². The van der Waals surface area contributed by atoms with E-state index < -0.39 is 0 Å². The third-order valence-corrected chi connectivity index (χ3v) is 2.75. The minimum atomic E-state index is 0. The van der Waals surface area contributed by atoms with Crippen molar-refractivity contribution in [3.63, 3.8) is 0 Å². The molecular weight excluding hydrogens is 220 g/mol. The predicted molar refractivity (Wildman–Crippen MR) is 71.9 cm³/mol. The molecule has 0 fully saturated rings. The molecule has 86 valence electrons. The molecule has 3 heteroatoms. The summed E-state index contributed by atoms with van der Waals surface area (Å²) in [7, 11) is 2.05. The summed E-state index contributed by atoms with van der Waals surface area (Å²) in [6.07, 6.45) is 4.79. The molecule has 16 heavy (non-hydrogen) atoms. The molecule has 0 unspecified atom stereocenters. The summed E-state index contributed by atoms with van der Waals surface area (Å²) < 4.78 is 2.12. The molecule has 2 nitrogen and oxygen atoms in total. The van der Waals surface area contributed by atoms with Crippen LogP contribution in [-0.2, 0) is 7.05 Å². The largest absolute Gasteiger partial charge is 0.350 e. The molecule has 0 aliphatic rings. The number of halogens is 1. The fourth-order valence-corrected chi connectivity index (χ4v) is 1.98. The monoisotopic (exact) mass is 236 g/mol. The van der Waals surface area contributed by atoms with Crippen molar-refractivity contribution in [3.05, 3.63) is 48.7 Å². The van der Waals surface area contributed by atoms with E-state index in [9.17, 15) is 0 Å². The second kappa shape index (κ2) is 5.19. The van der Waals surface area contributed by atoms with Gasteiger partial charge < -0.3 is 10.3 Å². The first-order valence-corrected chi connectivity index (χ1v) is 5.14. The third kappa shape index (κ3) is 2.13. The Bertz CT molecular complexity index is 488. The van der Waals surface area contributed by atoms with E-state index in [0.29, 0.717) is 0 Å². The van der Waals surface area contributed by atoms with Crippen LogP contribution < -0.4 is 5.73 Å². The van der Waals surface area contributed by atoms with Crippen molar-refractivity contribution < 1.29 is 0 Å². The normalized spacial score (nSPS) is 12.1. The number of aryl methyl sites for hydroxylation is 1. The third-order valence-electron chi connectivity index (χ3n) is 2.75. The van der Waals surface area contributed by atoms with Gasteiger partial charge in [-0.1, -0.05) is 24.3 Å². The summed E-state index contributed by atoms with van der Waals surface area (Å²) in [5.41, 5.74) is 8.53. The molecule has 0 saturated carbocycles. The Morgan fingerprint density at radius 1 is 1.44 bits per heavy atom. The lowest BCUT2D eigenvalue weighted by Crippen LogP contribution is -2.08. The van der Waals surface area contributed by atoms with Crippen molar-refractivity contribution in [3.8, 4) is 0 Å². The van der Waals surface area contributed by atoms with Gasteiger partial charge in [0.05, 0.1) is 0 Å². The van der Waals surface area contributed by atoms with Crippen LogP contribution in [0.1, 0.15) is 18.0 Å². The van der Waals surface area contributed by atoms with Crippen LogP contribution in [0, 0.1) is 0 Å². The number of para-hydroxylation sites is 1. The van der Waals surface area contributed by atoms with Gasteiger partial charge in [0.25, 0.3) is 0 Å². The van der Waals surface area contributed by atoms with Crippen LogP contribution in [0.2, 0.25) is 0 Å². The lowest BCUT2D eigenvalue weighted by Gasteiger charge is -2.06. The standard InChI is InChI=1S/C13H16N2.ClH/c1-3-6-12(14)11-9-15(2)13-8-5-4-7-10(11)13;/h3-5,7-9,12H,1,6,14H2,2H3;1H/t12-;/m1./s1. The fourth-order valence-electron chi connectivity index (χ4n) is 1.98. The van der Waals surface area contributed by atoms with E-state index in [1.165, 1.54) is 16.5 Å². The summed E-state index contributed by atoms with van der Waals surface area (Å²) in [5.74, 6) is 0. The highest BCUT2D eigenvalue weighted by molar-refractivity contribution is 5.85. The van der Waals surface area contributed by atoms with Crippen LogP contribution in [0.3, 0.4) is 0 Å². The number of rotatable bonds is 3. The Hall–Kier alpha value is -1.25. The van der Waals surface area contributed by atoms with E-state index in [1.54, 1.807) is 0 Å². The molecular formula is C13H17ClN2. The van der Waals surface area contributed by atoms with Crippen molar-refractivity contribution in [2.24, 2.45) is 12.8 Å². The van der Waals surface area contributed by atoms with Crippen molar-refractivity contribution in [2.75, 3.05) is 0 Å². The molecule has 0 radical (unpaired) electrons. The minimum absolute atomic E-state index is 0. The molecule has 1 heterocycles. The first-order chi connectivity index (χ1) is 7.24. The molecule has 0 aliphatic heterocycles. The van der Waals surface area contributed by atoms with Gasteiger partial charge in [-0.2, -0.15) is 0 Å². The van der Waals surface area contributed by atoms with E-state index in [2.05, 4.69) is 29.5 Å². The zero-order valence-electron chi connectivity index (χ0n) is 9.39. The van der Waals surface area contributed by atoms with Crippen molar-refractivity contribution >= 4 is 23.3 Å². The predicted octanol–water partition coefficient (Wildman–Crippen LogP) is 3.18. The summed E-state index contributed by atoms with van der Waals surface area (Å²) in [6, 6.07) is 8.37. The number of fused-ring (bicyclic) bond motifs is 1. The van der Waals surface area contributed by atoms with Gasteiger partial charge in [-0.15, -0.1) is 19.0 Å². The molecule has 1 aromatic heterocycles. The van der Waals surface area contributed by atoms with Crippen LogP contribution in [0.4, 0.5) is 0 Å². The summed E-state index contributed by atoms with van der Waals surface area (Å²) in [6.45, 7) is 3.73. The molecule has 2 rings (SSSR count). The Balaban J connectivity index is 0.00000128. The highest BCUT2D eigenvalue weighted by Crippen LogP contribution is 2.26. The molecule has 0 saturated heterocycles. The SMILES string of the molecule is C=CC[C@@H](N)c1cn(C)c2ccccc12.Cl. The molecule has 2 aromatic rings. The van der Waals surface area contributed by atoms with E-state index in [-0.39, 0.29) is 18.4 Å². The van der Waals surface area contributed by atoms with Crippen molar-refractivity contribution in [1.29, 1.82) is 0 Å². The van der Waals surface area contributed by atoms with Crippen LogP contribution in [0.25, 0.3) is 10.9 Å². The molecule has 1 atom stereocenters. The number of aromatic nitrogens is 1. The van der Waals surface area contributed by atoms with E-state index in [1.807, 2.05) is 25.3 Å². The number of benzene rings is 1. The van der Waals surface area contributed by atoms with Gasteiger partial charge in [-0.05, 0) is 18.1 Å². The maximum atomic E-state index is 6.10. The van der Waals surface area contributed by atoms with Crippen molar-refractivity contribution in [2.45, 2.75) is 12.5 Å². The minimum Gasteiger partial charge on any atom is -0.350 e. The van der Waals surface area contributed by atoms with Gasteiger partial charge in [0.2, 0.25) is 0 Å². The van der Waals surface area contributed by atoms with Crippen LogP contribution >= 0.6 is 12.4 Å². The molecule has 1 aromatic carbocycles. The van der Waals surface area contributed by atoms with Crippen LogP contribution in [-0.4, -0.2) is 4.57 Å². The number of nitrogens with two attached hydrogens (primary N) is 1. The Morgan fingerprint density at radius 2 is 2.12 bits per heavy atom. The fraction of sp³-hybridized carbons (Fsp3) is 0.231. The zero-order valence-corrected chi connectivity index (χ0v) is 10.2. The Morgan fingerprint density at radius 3 is 2.81 bits per heavy atom. The maximum Gasteiger partial charge on any atom is 0.0481 e. The highest BCUT2D eigenvalue weighted by atomic mass is 35.5. The smallest absolute Gasteiger partial charge is 0.0481 e. The van der Waals surface area contributed by atoms with Crippen molar-refractivity contribution in [1.82, 2.24) is 4.57 Å². The molecule has 2 N–H and O–H groups in total. The maximum absolute atomic E-state index is 6.10. The lowest BCUT2D eigenvalue weighted by atomic mass is 10.0. The molecule has 0 aliphatic carbocycles. The Kier molecular flexibility index (Phi) is 4.16. The van der Waals surface area contributed by atoms with Gasteiger partial charge in [-0.3, -0.25) is 0 Å². The summed E-state index contributed by atoms with van der Waals surface area (Å²) in [4.78, 5) is 0. The number of nitrogens with zero attached hydrogens (tertiary/aromatic N) is 1. The van der Waals surface area contributed by atoms with Gasteiger partial charge in [0, 0.05) is 30.2 Å². The first-order valence-electron chi connectivity index (χ1n) is 5.14. The quantitative estimate of drug-likeness (QED) is 0.816. The highest BCUT2D eigenvalue weighted by Gasteiger charge is 2.11. The summed E-state index contributed by atoms with van der Waals surface area (Å²) >= 11 is 0. The first kappa shape index (κ1) is 12.8. The molecule has 0 spiro atoms. The average Bonchev–Trinajstić information content (AvgIpc) is 2.58. The Labute approximate surface area is 102 Å². The summed E-state index contributed by atoms with van der Waals surface area (Å²) in [5, 5.41) is 1.24. The number of hydrogen-bond acceptors (Lipinski definition) is 1.